The molecule has 108 valence electrons. The van der Waals surface area contributed by atoms with Crippen LogP contribution in [0.5, 0.6) is 0 Å². The van der Waals surface area contributed by atoms with E-state index in [2.05, 4.69) is 37.0 Å². The highest BCUT2D eigenvalue weighted by Gasteiger charge is 2.18. The molecule has 0 saturated carbocycles. The molecule has 0 radical (unpaired) electrons. The number of nitrogens with zero attached hydrogens (tertiary/aromatic N) is 2. The Morgan fingerprint density at radius 3 is 2.65 bits per heavy atom. The average molecular weight is 422 g/mol. The number of benzene rings is 1. The van der Waals surface area contributed by atoms with Crippen LogP contribution in [0.3, 0.4) is 0 Å². The summed E-state index contributed by atoms with van der Waals surface area (Å²) < 4.78 is 3.84. The summed E-state index contributed by atoms with van der Waals surface area (Å²) in [6.07, 6.45) is 1.48. The third kappa shape index (κ3) is 3.27. The Bertz CT molecular complexity index is 625. The summed E-state index contributed by atoms with van der Waals surface area (Å²) in [5.41, 5.74) is 9.28. The Kier molecular flexibility index (Phi) is 5.29. The summed E-state index contributed by atoms with van der Waals surface area (Å²) >= 11 is 13.4. The maximum atomic E-state index is 6.37. The molecule has 0 spiro atoms. The molecule has 2 N–H and O–H groups in total. The van der Waals surface area contributed by atoms with Gasteiger partial charge in [-0.2, -0.15) is 5.10 Å². The molecule has 2 rings (SSSR count). The molecule has 1 aromatic heterocycles. The molecule has 3 nitrogen and oxygen atoms in total. The minimum atomic E-state index is -0.130. The van der Waals surface area contributed by atoms with Crippen molar-refractivity contribution in [2.24, 2.45) is 12.8 Å². The van der Waals surface area contributed by atoms with Gasteiger partial charge < -0.3 is 5.73 Å². The van der Waals surface area contributed by atoms with Crippen molar-refractivity contribution in [1.82, 2.24) is 9.78 Å². The van der Waals surface area contributed by atoms with E-state index in [1.54, 1.807) is 0 Å². The Labute approximate surface area is 140 Å². The summed E-state index contributed by atoms with van der Waals surface area (Å²) in [5.74, 6) is 0. The first-order valence-corrected chi connectivity index (χ1v) is 8.31. The monoisotopic (exact) mass is 419 g/mol. The molecule has 1 aromatic carbocycles. The fraction of sp³-hybridized carbons (Fsp3) is 0.357. The lowest BCUT2D eigenvalue weighted by Crippen LogP contribution is -2.16. The van der Waals surface area contributed by atoms with Crippen LogP contribution in [0.1, 0.15) is 29.9 Å². The Morgan fingerprint density at radius 2 is 2.10 bits per heavy atom. The standard InChI is InChI=1S/C14H16Br2ClN3/c1-3-12-14(17)13(20(2)19-12)7-11(18)9-5-4-8(15)6-10(9)16/h4-6,11H,3,7,18H2,1-2H3. The second-order valence-electron chi connectivity index (χ2n) is 4.66. The lowest BCUT2D eigenvalue weighted by atomic mass is 10.0. The highest BCUT2D eigenvalue weighted by molar-refractivity contribution is 9.11. The zero-order valence-electron chi connectivity index (χ0n) is 11.3. The van der Waals surface area contributed by atoms with Crippen LogP contribution in [0.25, 0.3) is 0 Å². The van der Waals surface area contributed by atoms with Crippen LogP contribution in [0.15, 0.2) is 27.1 Å². The second kappa shape index (κ2) is 6.60. The summed E-state index contributed by atoms with van der Waals surface area (Å²) in [5, 5.41) is 5.16. The maximum absolute atomic E-state index is 6.37. The van der Waals surface area contributed by atoms with Crippen LogP contribution in [-0.2, 0) is 19.9 Å². The van der Waals surface area contributed by atoms with E-state index in [9.17, 15) is 0 Å². The zero-order valence-corrected chi connectivity index (χ0v) is 15.3. The van der Waals surface area contributed by atoms with Gasteiger partial charge in [0.05, 0.1) is 16.4 Å². The van der Waals surface area contributed by atoms with Gasteiger partial charge in [-0.1, -0.05) is 56.5 Å². The van der Waals surface area contributed by atoms with Crippen LogP contribution in [-0.4, -0.2) is 9.78 Å². The molecule has 0 amide bonds. The topological polar surface area (TPSA) is 43.8 Å². The fourth-order valence-electron chi connectivity index (χ4n) is 2.16. The van der Waals surface area contributed by atoms with Gasteiger partial charge in [0.2, 0.25) is 0 Å². The van der Waals surface area contributed by atoms with Crippen LogP contribution < -0.4 is 5.73 Å². The SMILES string of the molecule is CCc1nn(C)c(CC(N)c2ccc(Br)cc2Br)c1Cl. The lowest BCUT2D eigenvalue weighted by Gasteiger charge is -2.14. The minimum absolute atomic E-state index is 0.130. The summed E-state index contributed by atoms with van der Waals surface area (Å²) in [7, 11) is 1.91. The van der Waals surface area contributed by atoms with Crippen LogP contribution >= 0.6 is 43.5 Å². The highest BCUT2D eigenvalue weighted by atomic mass is 79.9. The smallest absolute Gasteiger partial charge is 0.0850 e. The van der Waals surface area contributed by atoms with E-state index in [1.807, 2.05) is 36.9 Å². The average Bonchev–Trinajstić information content (AvgIpc) is 2.66. The zero-order chi connectivity index (χ0) is 14.9. The van der Waals surface area contributed by atoms with Crippen molar-refractivity contribution in [3.63, 3.8) is 0 Å². The highest BCUT2D eigenvalue weighted by Crippen LogP contribution is 2.30. The van der Waals surface area contributed by atoms with Crippen molar-refractivity contribution in [1.29, 1.82) is 0 Å². The van der Waals surface area contributed by atoms with E-state index in [0.29, 0.717) is 6.42 Å². The molecule has 6 heteroatoms. The Balaban J connectivity index is 2.27. The van der Waals surface area contributed by atoms with Gasteiger partial charge in [-0.15, -0.1) is 0 Å². The molecule has 1 unspecified atom stereocenters. The quantitative estimate of drug-likeness (QED) is 0.795. The van der Waals surface area contributed by atoms with Gasteiger partial charge in [0.1, 0.15) is 0 Å². The molecule has 0 bridgehead atoms. The molecule has 20 heavy (non-hydrogen) atoms. The van der Waals surface area contributed by atoms with E-state index in [0.717, 1.165) is 37.3 Å². The number of aromatic nitrogens is 2. The number of hydrogen-bond donors (Lipinski definition) is 1. The van der Waals surface area contributed by atoms with Gasteiger partial charge in [0.15, 0.2) is 0 Å². The van der Waals surface area contributed by atoms with Crippen molar-refractivity contribution in [3.05, 3.63) is 49.1 Å². The number of rotatable bonds is 4. The van der Waals surface area contributed by atoms with Crippen molar-refractivity contribution in [2.45, 2.75) is 25.8 Å². The molecular formula is C14H16Br2ClN3. The molecule has 1 atom stereocenters. The predicted molar refractivity (Wildman–Crippen MR) is 90.1 cm³/mol. The normalized spacial score (nSPS) is 12.7. The van der Waals surface area contributed by atoms with Crippen molar-refractivity contribution in [2.75, 3.05) is 0 Å². The van der Waals surface area contributed by atoms with Gasteiger partial charge in [-0.25, -0.2) is 0 Å². The van der Waals surface area contributed by atoms with Gasteiger partial charge in [-0.05, 0) is 24.1 Å². The van der Waals surface area contributed by atoms with Crippen molar-refractivity contribution >= 4 is 43.5 Å². The van der Waals surface area contributed by atoms with Gasteiger partial charge in [0, 0.05) is 28.5 Å². The van der Waals surface area contributed by atoms with Crippen molar-refractivity contribution < 1.29 is 0 Å². The van der Waals surface area contributed by atoms with E-state index in [4.69, 9.17) is 17.3 Å². The summed E-state index contributed by atoms with van der Waals surface area (Å²) in [6.45, 7) is 2.04. The van der Waals surface area contributed by atoms with Gasteiger partial charge >= 0.3 is 0 Å². The van der Waals surface area contributed by atoms with E-state index < -0.39 is 0 Å². The largest absolute Gasteiger partial charge is 0.324 e. The first-order chi connectivity index (χ1) is 9.43. The fourth-order valence-corrected chi connectivity index (χ4v) is 3.87. The van der Waals surface area contributed by atoms with Crippen molar-refractivity contribution in [3.8, 4) is 0 Å². The first-order valence-electron chi connectivity index (χ1n) is 6.34. The Morgan fingerprint density at radius 1 is 1.40 bits per heavy atom. The number of hydrogen-bond acceptors (Lipinski definition) is 2. The number of nitrogens with two attached hydrogens (primary N) is 1. The summed E-state index contributed by atoms with van der Waals surface area (Å²) in [6, 6.07) is 5.87. The number of aryl methyl sites for hydroxylation is 2. The lowest BCUT2D eigenvalue weighted by molar-refractivity contribution is 0.637. The predicted octanol–water partition coefficient (Wildman–Crippen LogP) is 4.40. The molecule has 0 aliphatic heterocycles. The van der Waals surface area contributed by atoms with E-state index in [1.165, 1.54) is 0 Å². The third-order valence-corrected chi connectivity index (χ3v) is 4.89. The molecule has 2 aromatic rings. The molecule has 1 heterocycles. The second-order valence-corrected chi connectivity index (χ2v) is 6.81. The van der Waals surface area contributed by atoms with Crippen LogP contribution in [0, 0.1) is 0 Å². The third-order valence-electron chi connectivity index (χ3n) is 3.28. The molecular weight excluding hydrogens is 405 g/mol. The number of halogens is 3. The molecule has 0 fully saturated rings. The minimum Gasteiger partial charge on any atom is -0.324 e. The van der Waals surface area contributed by atoms with Gasteiger partial charge in [0.25, 0.3) is 0 Å². The summed E-state index contributed by atoms with van der Waals surface area (Å²) in [4.78, 5) is 0. The Hall–Kier alpha value is -0.360. The maximum Gasteiger partial charge on any atom is 0.0850 e. The van der Waals surface area contributed by atoms with Crippen LogP contribution in [0.2, 0.25) is 5.02 Å². The van der Waals surface area contributed by atoms with E-state index >= 15 is 0 Å². The van der Waals surface area contributed by atoms with E-state index in [-0.39, 0.29) is 6.04 Å². The molecule has 0 saturated heterocycles. The van der Waals surface area contributed by atoms with Gasteiger partial charge in [-0.3, -0.25) is 4.68 Å². The molecule has 0 aliphatic carbocycles. The first kappa shape index (κ1) is 16.0. The molecule has 0 aliphatic rings. The van der Waals surface area contributed by atoms with Crippen LogP contribution in [0.4, 0.5) is 0 Å².